The van der Waals surface area contributed by atoms with Gasteiger partial charge in [-0.2, -0.15) is 0 Å². The molecule has 0 heterocycles. The number of fused-ring (bicyclic) bond motifs is 3. The summed E-state index contributed by atoms with van der Waals surface area (Å²) in [6.45, 7) is 0. The van der Waals surface area contributed by atoms with Gasteiger partial charge in [0.1, 0.15) is 0 Å². The molecule has 0 aromatic heterocycles. The molecule has 0 atom stereocenters. The van der Waals surface area contributed by atoms with Crippen molar-refractivity contribution < 1.29 is 9.59 Å². The summed E-state index contributed by atoms with van der Waals surface area (Å²) in [5.74, 6) is -0.856. The van der Waals surface area contributed by atoms with E-state index < -0.39 is 11.6 Å². The number of Topliss-reactive ketones (excluding diaryl/α,β-unsaturated/α-hetero) is 1. The highest BCUT2D eigenvalue weighted by molar-refractivity contribution is 6.50. The van der Waals surface area contributed by atoms with Crippen LogP contribution in [0, 0.1) is 0 Å². The molecule has 0 saturated heterocycles. The number of rotatable bonds is 0. The predicted molar refractivity (Wildman–Crippen MR) is 69.1 cm³/mol. The Hall–Kier alpha value is -2.22. The average molecular weight is 224 g/mol. The fraction of sp³-hybridized carbons (Fsp3) is 0.0667. The van der Waals surface area contributed by atoms with E-state index in [2.05, 4.69) is 0 Å². The summed E-state index contributed by atoms with van der Waals surface area (Å²) in [6, 6.07) is 11.4. The van der Waals surface area contributed by atoms with Crippen LogP contribution in [0.15, 0.2) is 42.5 Å². The van der Waals surface area contributed by atoms with E-state index >= 15 is 0 Å². The van der Waals surface area contributed by atoms with E-state index in [-0.39, 0.29) is 7.43 Å². The van der Waals surface area contributed by atoms with Crippen LogP contribution in [0.4, 0.5) is 0 Å². The maximum absolute atomic E-state index is 11.7. The highest BCUT2D eigenvalue weighted by Crippen LogP contribution is 2.26. The molecule has 0 unspecified atom stereocenters. The van der Waals surface area contributed by atoms with Gasteiger partial charge in [-0.05, 0) is 34.6 Å². The summed E-state index contributed by atoms with van der Waals surface area (Å²) in [5.41, 5.74) is 1.36. The zero-order valence-corrected chi connectivity index (χ0v) is 8.44. The molecule has 2 nitrogen and oxygen atoms in total. The molecule has 0 aliphatic heterocycles. The summed E-state index contributed by atoms with van der Waals surface area (Å²) in [5, 5.41) is 2.09. The van der Waals surface area contributed by atoms with E-state index in [0.29, 0.717) is 5.56 Å². The van der Waals surface area contributed by atoms with E-state index in [9.17, 15) is 9.59 Å². The lowest BCUT2D eigenvalue weighted by atomic mass is 9.91. The lowest BCUT2D eigenvalue weighted by Gasteiger charge is -2.11. The van der Waals surface area contributed by atoms with E-state index in [4.69, 9.17) is 0 Å². The lowest BCUT2D eigenvalue weighted by molar-refractivity contribution is -0.110. The van der Waals surface area contributed by atoms with Gasteiger partial charge in [-0.3, -0.25) is 9.59 Å². The summed E-state index contributed by atoms with van der Waals surface area (Å²) >= 11 is 0. The van der Waals surface area contributed by atoms with Gasteiger partial charge < -0.3 is 0 Å². The molecule has 2 aromatic carbocycles. The average Bonchev–Trinajstić information content (AvgIpc) is 2.33. The van der Waals surface area contributed by atoms with Gasteiger partial charge >= 0.3 is 0 Å². The van der Waals surface area contributed by atoms with Crippen LogP contribution in [0.3, 0.4) is 0 Å². The molecule has 2 heteroatoms. The topological polar surface area (TPSA) is 34.1 Å². The predicted octanol–water partition coefficient (Wildman–Crippen LogP) is 3.25. The summed E-state index contributed by atoms with van der Waals surface area (Å²) in [4.78, 5) is 22.9. The molecule has 0 saturated carbocycles. The van der Waals surface area contributed by atoms with Gasteiger partial charge in [0.25, 0.3) is 0 Å². The number of ketones is 2. The van der Waals surface area contributed by atoms with Crippen molar-refractivity contribution in [3.05, 3.63) is 53.6 Å². The quantitative estimate of drug-likeness (QED) is 0.644. The fourth-order valence-electron chi connectivity index (χ4n) is 2.04. The smallest absolute Gasteiger partial charge is 0.233 e. The van der Waals surface area contributed by atoms with Crippen LogP contribution in [-0.2, 0) is 4.79 Å². The molecule has 0 radical (unpaired) electrons. The van der Waals surface area contributed by atoms with Crippen LogP contribution in [0.1, 0.15) is 23.3 Å². The number of hydrogen-bond acceptors (Lipinski definition) is 2. The zero-order valence-electron chi connectivity index (χ0n) is 8.44. The van der Waals surface area contributed by atoms with Crippen molar-refractivity contribution in [2.75, 3.05) is 0 Å². The van der Waals surface area contributed by atoms with E-state index in [0.717, 1.165) is 16.3 Å². The molecule has 3 rings (SSSR count). The normalized spacial score (nSPS) is 13.4. The Morgan fingerprint density at radius 3 is 2.41 bits per heavy atom. The molecular weight excluding hydrogens is 212 g/mol. The van der Waals surface area contributed by atoms with Gasteiger partial charge in [0.2, 0.25) is 11.6 Å². The van der Waals surface area contributed by atoms with Crippen LogP contribution in [0.2, 0.25) is 0 Å². The third kappa shape index (κ3) is 1.58. The third-order valence-corrected chi connectivity index (χ3v) is 2.84. The Kier molecular flexibility index (Phi) is 2.64. The molecule has 2 aromatic rings. The molecule has 0 spiro atoms. The Morgan fingerprint density at radius 2 is 1.59 bits per heavy atom. The maximum atomic E-state index is 11.7. The highest BCUT2D eigenvalue weighted by atomic mass is 16.2. The summed E-state index contributed by atoms with van der Waals surface area (Å²) in [6.07, 6.45) is 3.07. The summed E-state index contributed by atoms with van der Waals surface area (Å²) in [7, 11) is 0. The molecule has 17 heavy (non-hydrogen) atoms. The first kappa shape index (κ1) is 11.3. The molecule has 1 aliphatic carbocycles. The Labute approximate surface area is 99.6 Å². The van der Waals surface area contributed by atoms with Gasteiger partial charge in [0.15, 0.2) is 0 Å². The number of allylic oxidation sites excluding steroid dienone is 1. The van der Waals surface area contributed by atoms with Gasteiger partial charge in [-0.1, -0.05) is 37.8 Å². The Balaban J connectivity index is 0.00000108. The van der Waals surface area contributed by atoms with Crippen molar-refractivity contribution in [1.82, 2.24) is 0 Å². The molecule has 0 N–H and O–H groups in total. The van der Waals surface area contributed by atoms with E-state index in [1.165, 1.54) is 6.08 Å². The summed E-state index contributed by atoms with van der Waals surface area (Å²) < 4.78 is 0. The van der Waals surface area contributed by atoms with Crippen LogP contribution >= 0.6 is 0 Å². The highest BCUT2D eigenvalue weighted by Gasteiger charge is 2.21. The van der Waals surface area contributed by atoms with Crippen LogP contribution < -0.4 is 0 Å². The molecule has 0 fully saturated rings. The SMILES string of the molecule is C.O=C1C=Cc2c(ccc3ccccc23)C1=O. The number of hydrogen-bond donors (Lipinski definition) is 0. The molecule has 84 valence electrons. The fourth-order valence-corrected chi connectivity index (χ4v) is 2.04. The minimum atomic E-state index is -0.442. The largest absolute Gasteiger partial charge is 0.286 e. The van der Waals surface area contributed by atoms with Crippen molar-refractivity contribution in [3.63, 3.8) is 0 Å². The number of carbonyl (C=O) groups excluding carboxylic acids is 2. The van der Waals surface area contributed by atoms with Crippen molar-refractivity contribution in [2.24, 2.45) is 0 Å². The van der Waals surface area contributed by atoms with Crippen LogP contribution in [-0.4, -0.2) is 11.6 Å². The molecule has 1 aliphatic rings. The zero-order chi connectivity index (χ0) is 11.1. The Bertz CT molecular complexity index is 651. The minimum absolute atomic E-state index is 0. The number of benzene rings is 2. The van der Waals surface area contributed by atoms with Crippen LogP contribution in [0.25, 0.3) is 16.8 Å². The second kappa shape index (κ2) is 3.98. The van der Waals surface area contributed by atoms with Crippen molar-refractivity contribution in [2.45, 2.75) is 7.43 Å². The van der Waals surface area contributed by atoms with Crippen molar-refractivity contribution >= 4 is 28.4 Å². The lowest BCUT2D eigenvalue weighted by Crippen LogP contribution is -2.16. The first-order chi connectivity index (χ1) is 7.77. The molecule has 0 amide bonds. The first-order valence-electron chi connectivity index (χ1n) is 5.06. The van der Waals surface area contributed by atoms with E-state index in [1.807, 2.05) is 30.3 Å². The van der Waals surface area contributed by atoms with E-state index in [1.54, 1.807) is 12.1 Å². The first-order valence-corrected chi connectivity index (χ1v) is 5.06. The second-order valence-electron chi connectivity index (χ2n) is 3.77. The monoisotopic (exact) mass is 224 g/mol. The van der Waals surface area contributed by atoms with Gasteiger partial charge in [-0.15, -0.1) is 0 Å². The Morgan fingerprint density at radius 1 is 0.824 bits per heavy atom. The van der Waals surface area contributed by atoms with Crippen molar-refractivity contribution in [1.29, 1.82) is 0 Å². The van der Waals surface area contributed by atoms with Crippen LogP contribution in [0.5, 0.6) is 0 Å². The molecule has 0 bridgehead atoms. The van der Waals surface area contributed by atoms with Gasteiger partial charge in [0.05, 0.1) is 0 Å². The minimum Gasteiger partial charge on any atom is -0.286 e. The molecular formula is C15H12O2. The second-order valence-corrected chi connectivity index (χ2v) is 3.77. The van der Waals surface area contributed by atoms with Gasteiger partial charge in [0, 0.05) is 5.56 Å². The maximum Gasteiger partial charge on any atom is 0.233 e. The number of carbonyl (C=O) groups is 2. The third-order valence-electron chi connectivity index (χ3n) is 2.84. The van der Waals surface area contributed by atoms with Crippen molar-refractivity contribution in [3.8, 4) is 0 Å². The van der Waals surface area contributed by atoms with Gasteiger partial charge in [-0.25, -0.2) is 0 Å². The standard InChI is InChI=1S/C14H8O2.CH4/c15-13-8-7-11-10-4-2-1-3-9(10)5-6-12(11)14(13)16;/h1-8H;1H4.